The second-order valence-corrected chi connectivity index (χ2v) is 15.9. The van der Waals surface area contributed by atoms with Crippen LogP contribution in [0.2, 0.25) is 0 Å². The molecule has 25 nitrogen and oxygen atoms in total. The third-order valence-corrected chi connectivity index (χ3v) is 11.5. The van der Waals surface area contributed by atoms with Gasteiger partial charge in [0.05, 0.1) is 27.4 Å². The fraction of sp³-hybridized carbons (Fsp3) is 0.455. The van der Waals surface area contributed by atoms with Crippen LogP contribution in [-0.2, 0) is 28.5 Å². The number of rotatable bonds is 15. The summed E-state index contributed by atoms with van der Waals surface area (Å²) in [5, 5.41) is 136. The van der Waals surface area contributed by atoms with Crippen LogP contribution in [0.1, 0.15) is 5.56 Å². The molecule has 25 heteroatoms. The highest BCUT2D eigenvalue weighted by Gasteiger charge is 2.52. The number of aliphatic hydroxyl groups excluding tert-OH is 10. The number of methoxy groups -OCH3 is 2. The Balaban J connectivity index is 1.17. The van der Waals surface area contributed by atoms with E-state index in [4.69, 9.17) is 47.0 Å². The van der Waals surface area contributed by atoms with E-state index in [1.807, 2.05) is 0 Å². The maximum absolute atomic E-state index is 14.5. The number of fused-ring (bicyclic) bond motifs is 1. The SMILES string of the molecule is COc1cc(/C=C/C(=O)OC[C@H]2O[C@@H](O[C@H]3[C@H](Oc4c(-c5ccc(O)cc5)oc5cc(O[C@@H]6O[C@H](CO)[C@@H](O)[C@H](O)[C@H]6O)cc(O)c5c4=O)O[C@H](CO)[C@@H](O)[C@@H]3O)[C@H](O)[C@@H](O)[C@@H]2O)cc(OC)c1O. The van der Waals surface area contributed by atoms with Gasteiger partial charge in [0.15, 0.2) is 29.7 Å². The van der Waals surface area contributed by atoms with E-state index in [2.05, 4.69) is 0 Å². The molecule has 3 aliphatic rings. The van der Waals surface area contributed by atoms with Crippen LogP contribution in [-0.4, -0.2) is 199 Å². The van der Waals surface area contributed by atoms with Gasteiger partial charge in [-0.05, 0) is 48.0 Å². The van der Waals surface area contributed by atoms with Crippen molar-refractivity contribution in [3.05, 3.63) is 70.4 Å². The van der Waals surface area contributed by atoms with Gasteiger partial charge in [-0.15, -0.1) is 0 Å². The minimum Gasteiger partial charge on any atom is -0.508 e. The zero-order valence-electron chi connectivity index (χ0n) is 36.3. The van der Waals surface area contributed by atoms with Gasteiger partial charge in [0.2, 0.25) is 29.5 Å². The molecule has 376 valence electrons. The first kappa shape index (κ1) is 51.0. The van der Waals surface area contributed by atoms with Gasteiger partial charge in [-0.2, -0.15) is 0 Å². The van der Waals surface area contributed by atoms with Gasteiger partial charge < -0.3 is 113 Å². The number of ether oxygens (including phenoxy) is 9. The summed E-state index contributed by atoms with van der Waals surface area (Å²) in [4.78, 5) is 27.2. The Hall–Kier alpha value is -5.88. The van der Waals surface area contributed by atoms with Crippen LogP contribution in [0.3, 0.4) is 0 Å². The van der Waals surface area contributed by atoms with E-state index in [1.54, 1.807) is 0 Å². The number of hydrogen-bond donors (Lipinski definition) is 13. The molecule has 0 spiro atoms. The van der Waals surface area contributed by atoms with Crippen molar-refractivity contribution < 1.29 is 118 Å². The molecule has 3 fully saturated rings. The van der Waals surface area contributed by atoms with Crippen molar-refractivity contribution in [2.75, 3.05) is 34.0 Å². The first-order valence-electron chi connectivity index (χ1n) is 20.9. The molecule has 0 bridgehead atoms. The second-order valence-electron chi connectivity index (χ2n) is 15.9. The van der Waals surface area contributed by atoms with Crippen molar-refractivity contribution in [2.45, 2.75) is 92.1 Å². The molecule has 3 saturated heterocycles. The molecule has 13 N–H and O–H groups in total. The normalized spacial score (nSPS) is 31.6. The Kier molecular flexibility index (Phi) is 15.8. The maximum atomic E-state index is 14.5. The third-order valence-electron chi connectivity index (χ3n) is 11.5. The zero-order chi connectivity index (χ0) is 50.0. The predicted molar refractivity (Wildman–Crippen MR) is 227 cm³/mol. The highest BCUT2D eigenvalue weighted by molar-refractivity contribution is 5.89. The average molecular weight is 979 g/mol. The summed E-state index contributed by atoms with van der Waals surface area (Å²) in [6.07, 6.45) is -25.7. The molecule has 4 heterocycles. The standard InChI is InChI=1S/C44H50O25/c1-60-22-9-16(10-23(61-2)29(22)50)3-8-27(49)62-15-26-32(53)35(56)38(59)43(67-26)69-41-36(57)31(52)25(14-46)66-44(41)68-40-33(54)28-20(48)11-19(63-42-37(58)34(55)30(51)24(13-45)65-42)12-21(28)64-39(40)17-4-6-18(47)7-5-17/h3-12,24-26,30-32,34-38,41-48,50-53,55-59H,13-15H2,1-2H3/b8-3+/t24-,25-,26-,30-,31-,32-,34+,35+,36+,37-,38-,41-,42-,43+,44+/m1/s1. The number of benzene rings is 3. The van der Waals surface area contributed by atoms with Gasteiger partial charge in [-0.3, -0.25) is 4.79 Å². The van der Waals surface area contributed by atoms with Gasteiger partial charge in [0, 0.05) is 23.8 Å². The van der Waals surface area contributed by atoms with Gasteiger partial charge >= 0.3 is 5.97 Å². The number of carbonyl (C=O) groups is 1. The van der Waals surface area contributed by atoms with Gasteiger partial charge in [0.25, 0.3) is 0 Å². The predicted octanol–water partition coefficient (Wildman–Crippen LogP) is -2.96. The zero-order valence-corrected chi connectivity index (χ0v) is 36.3. The van der Waals surface area contributed by atoms with Crippen LogP contribution < -0.4 is 24.4 Å². The highest BCUT2D eigenvalue weighted by atomic mass is 16.8. The number of phenolic OH excluding ortho intramolecular Hbond substituents is 3. The molecule has 7 rings (SSSR count). The second kappa shape index (κ2) is 21.4. The van der Waals surface area contributed by atoms with Crippen molar-refractivity contribution in [1.29, 1.82) is 0 Å². The average Bonchev–Trinajstić information content (AvgIpc) is 3.33. The number of phenols is 3. The molecule has 1 aromatic heterocycles. The van der Waals surface area contributed by atoms with Crippen molar-refractivity contribution in [3.63, 3.8) is 0 Å². The Labute approximate surface area is 388 Å². The minimum atomic E-state index is -2.11. The number of aliphatic hydroxyl groups is 10. The third kappa shape index (κ3) is 10.5. The van der Waals surface area contributed by atoms with E-state index in [0.29, 0.717) is 5.56 Å². The molecule has 3 aliphatic heterocycles. The topological polar surface area (TPSA) is 393 Å². The van der Waals surface area contributed by atoms with Gasteiger partial charge in [-0.1, -0.05) is 0 Å². The summed E-state index contributed by atoms with van der Waals surface area (Å²) in [7, 11) is 2.61. The van der Waals surface area contributed by atoms with E-state index < -0.39 is 152 Å². The molecule has 0 aliphatic carbocycles. The summed E-state index contributed by atoms with van der Waals surface area (Å²) < 4.78 is 55.9. The van der Waals surface area contributed by atoms with Crippen molar-refractivity contribution in [3.8, 4) is 51.6 Å². The number of carbonyl (C=O) groups excluding carboxylic acids is 1. The van der Waals surface area contributed by atoms with Crippen molar-refractivity contribution in [1.82, 2.24) is 0 Å². The number of esters is 1. The molecule has 0 saturated carbocycles. The quantitative estimate of drug-likeness (QED) is 0.0418. The van der Waals surface area contributed by atoms with Crippen LogP contribution >= 0.6 is 0 Å². The number of hydrogen-bond acceptors (Lipinski definition) is 25. The highest BCUT2D eigenvalue weighted by Crippen LogP contribution is 2.40. The van der Waals surface area contributed by atoms with Crippen molar-refractivity contribution in [2.24, 2.45) is 0 Å². The molecule has 0 amide bonds. The molecular weight excluding hydrogens is 928 g/mol. The van der Waals surface area contributed by atoms with Crippen LogP contribution in [0.25, 0.3) is 28.4 Å². The van der Waals surface area contributed by atoms with E-state index >= 15 is 0 Å². The first-order chi connectivity index (χ1) is 32.9. The van der Waals surface area contributed by atoms with E-state index in [-0.39, 0.29) is 34.3 Å². The van der Waals surface area contributed by atoms with Crippen LogP contribution in [0, 0.1) is 0 Å². The molecule has 15 atom stereocenters. The Morgan fingerprint density at radius 3 is 1.84 bits per heavy atom. The lowest BCUT2D eigenvalue weighted by Crippen LogP contribution is -2.65. The summed E-state index contributed by atoms with van der Waals surface area (Å²) in [6.45, 7) is -2.48. The molecule has 69 heavy (non-hydrogen) atoms. The first-order valence-corrected chi connectivity index (χ1v) is 20.9. The smallest absolute Gasteiger partial charge is 0.330 e. The Bertz CT molecular complexity index is 2490. The molecule has 0 radical (unpaired) electrons. The summed E-state index contributed by atoms with van der Waals surface area (Å²) in [6, 6.07) is 9.75. The summed E-state index contributed by atoms with van der Waals surface area (Å²) >= 11 is 0. The van der Waals surface area contributed by atoms with E-state index in [1.165, 1.54) is 56.7 Å². The Morgan fingerprint density at radius 2 is 1.23 bits per heavy atom. The lowest BCUT2D eigenvalue weighted by atomic mass is 9.97. The molecular formula is C44H50O25. The van der Waals surface area contributed by atoms with Crippen LogP contribution in [0.4, 0.5) is 0 Å². The molecule has 3 aromatic carbocycles. The maximum Gasteiger partial charge on any atom is 0.330 e. The lowest BCUT2D eigenvalue weighted by Gasteiger charge is -2.45. The monoisotopic (exact) mass is 978 g/mol. The lowest BCUT2D eigenvalue weighted by molar-refractivity contribution is -0.358. The Morgan fingerprint density at radius 1 is 0.667 bits per heavy atom. The minimum absolute atomic E-state index is 0.0343. The number of aromatic hydroxyl groups is 3. The van der Waals surface area contributed by atoms with Crippen LogP contribution in [0.5, 0.6) is 40.2 Å². The largest absolute Gasteiger partial charge is 0.508 e. The van der Waals surface area contributed by atoms with E-state index in [9.17, 15) is 76.0 Å². The van der Waals surface area contributed by atoms with Gasteiger partial charge in [0.1, 0.15) is 102 Å². The van der Waals surface area contributed by atoms with Gasteiger partial charge in [-0.25, -0.2) is 4.79 Å². The fourth-order valence-corrected chi connectivity index (χ4v) is 7.65. The van der Waals surface area contributed by atoms with E-state index in [0.717, 1.165) is 18.2 Å². The molecule has 4 aromatic rings. The van der Waals surface area contributed by atoms with Crippen molar-refractivity contribution >= 4 is 23.0 Å². The fourth-order valence-electron chi connectivity index (χ4n) is 7.65. The molecule has 0 unspecified atom stereocenters. The summed E-state index contributed by atoms with van der Waals surface area (Å²) in [5.74, 6) is -3.76. The van der Waals surface area contributed by atoms with Crippen LogP contribution in [0.15, 0.2) is 63.8 Å². The summed E-state index contributed by atoms with van der Waals surface area (Å²) in [5.41, 5.74) is -1.15.